The average Bonchev–Trinajstić information content (AvgIpc) is 2.95. The van der Waals surface area contributed by atoms with E-state index in [0.29, 0.717) is 28.5 Å². The number of carbonyl (C=O) groups is 1. The second kappa shape index (κ2) is 7.92. The van der Waals surface area contributed by atoms with Gasteiger partial charge in [-0.2, -0.15) is 0 Å². The molecule has 1 aromatic carbocycles. The SMILES string of the molecule is Cc1ccc(NC(=O)CC(C)C)c(OCc2cc(=O)n3cc(C)sc3n2)c1. The summed E-state index contributed by atoms with van der Waals surface area (Å²) in [5.41, 5.74) is 2.07. The third kappa shape index (κ3) is 4.74. The number of nitrogens with one attached hydrogen (secondary N) is 1. The van der Waals surface area contributed by atoms with Gasteiger partial charge in [0.2, 0.25) is 5.91 Å². The summed E-state index contributed by atoms with van der Waals surface area (Å²) >= 11 is 1.46. The third-order valence-corrected chi connectivity index (χ3v) is 4.81. The molecule has 0 aliphatic heterocycles. The Kier molecular flexibility index (Phi) is 5.60. The van der Waals surface area contributed by atoms with E-state index in [0.717, 1.165) is 10.4 Å². The zero-order valence-electron chi connectivity index (χ0n) is 15.9. The fourth-order valence-electron chi connectivity index (χ4n) is 2.71. The number of ether oxygens (including phenoxy) is 1. The molecule has 3 aromatic rings. The van der Waals surface area contributed by atoms with Crippen LogP contribution in [0.25, 0.3) is 4.96 Å². The van der Waals surface area contributed by atoms with Crippen molar-refractivity contribution >= 4 is 27.9 Å². The van der Waals surface area contributed by atoms with Gasteiger partial charge in [-0.15, -0.1) is 11.3 Å². The summed E-state index contributed by atoms with van der Waals surface area (Å²) < 4.78 is 7.44. The van der Waals surface area contributed by atoms with Gasteiger partial charge in [-0.25, -0.2) is 4.98 Å². The minimum absolute atomic E-state index is 0.0504. The number of benzene rings is 1. The lowest BCUT2D eigenvalue weighted by Crippen LogP contribution is -2.16. The standard InChI is InChI=1S/C20H23N3O3S/c1-12(2)7-18(24)22-16-6-5-13(3)8-17(16)26-11-15-9-19(25)23-10-14(4)27-20(23)21-15/h5-6,8-10,12H,7,11H2,1-4H3,(H,22,24). The molecule has 0 saturated heterocycles. The number of carbonyl (C=O) groups excluding carboxylic acids is 1. The van der Waals surface area contributed by atoms with Crippen LogP contribution in [-0.4, -0.2) is 15.3 Å². The molecule has 1 amide bonds. The van der Waals surface area contributed by atoms with Crippen molar-refractivity contribution in [2.45, 2.75) is 40.7 Å². The molecule has 142 valence electrons. The molecular formula is C20H23N3O3S. The van der Waals surface area contributed by atoms with Gasteiger partial charge < -0.3 is 10.1 Å². The summed E-state index contributed by atoms with van der Waals surface area (Å²) in [5, 5.41) is 2.90. The molecule has 0 atom stereocenters. The molecule has 27 heavy (non-hydrogen) atoms. The maximum Gasteiger partial charge on any atom is 0.258 e. The molecule has 0 bridgehead atoms. The van der Waals surface area contributed by atoms with Gasteiger partial charge in [0.15, 0.2) is 4.96 Å². The van der Waals surface area contributed by atoms with Crippen molar-refractivity contribution in [3.63, 3.8) is 0 Å². The summed E-state index contributed by atoms with van der Waals surface area (Å²) in [6, 6.07) is 7.09. The quantitative estimate of drug-likeness (QED) is 0.698. The number of nitrogens with zero attached hydrogens (tertiary/aromatic N) is 2. The van der Waals surface area contributed by atoms with Crippen LogP contribution in [0, 0.1) is 19.8 Å². The molecule has 0 fully saturated rings. The monoisotopic (exact) mass is 385 g/mol. The first-order valence-corrected chi connectivity index (χ1v) is 9.65. The van der Waals surface area contributed by atoms with Crippen LogP contribution in [0.2, 0.25) is 0 Å². The summed E-state index contributed by atoms with van der Waals surface area (Å²) in [4.78, 5) is 30.5. The van der Waals surface area contributed by atoms with E-state index in [1.807, 2.05) is 45.9 Å². The minimum Gasteiger partial charge on any atom is -0.485 e. The molecular weight excluding hydrogens is 362 g/mol. The Bertz CT molecular complexity index is 1040. The number of aryl methyl sites for hydroxylation is 2. The zero-order chi connectivity index (χ0) is 19.6. The molecule has 0 aliphatic carbocycles. The predicted octanol–water partition coefficient (Wildman–Crippen LogP) is 3.94. The number of hydrogen-bond acceptors (Lipinski definition) is 5. The van der Waals surface area contributed by atoms with Crippen LogP contribution in [-0.2, 0) is 11.4 Å². The van der Waals surface area contributed by atoms with Crippen molar-refractivity contribution in [2.75, 3.05) is 5.32 Å². The number of rotatable bonds is 6. The Labute approximate surface area is 161 Å². The topological polar surface area (TPSA) is 72.7 Å². The molecule has 2 aromatic heterocycles. The van der Waals surface area contributed by atoms with Crippen molar-refractivity contribution in [1.29, 1.82) is 0 Å². The molecule has 0 saturated carbocycles. The van der Waals surface area contributed by atoms with E-state index in [2.05, 4.69) is 10.3 Å². The van der Waals surface area contributed by atoms with Gasteiger partial charge in [-0.1, -0.05) is 19.9 Å². The maximum atomic E-state index is 12.2. The smallest absolute Gasteiger partial charge is 0.258 e. The van der Waals surface area contributed by atoms with E-state index in [1.165, 1.54) is 21.8 Å². The van der Waals surface area contributed by atoms with Gasteiger partial charge in [0.1, 0.15) is 12.4 Å². The fraction of sp³-hybridized carbons (Fsp3) is 0.350. The number of hydrogen-bond donors (Lipinski definition) is 1. The van der Waals surface area contributed by atoms with Crippen LogP contribution < -0.4 is 15.6 Å². The first-order chi connectivity index (χ1) is 12.8. The molecule has 0 radical (unpaired) electrons. The van der Waals surface area contributed by atoms with Crippen LogP contribution in [0.3, 0.4) is 0 Å². The molecule has 0 aliphatic rings. The second-order valence-electron chi connectivity index (χ2n) is 7.01. The van der Waals surface area contributed by atoms with Crippen molar-refractivity contribution in [3.05, 3.63) is 57.0 Å². The zero-order valence-corrected chi connectivity index (χ0v) is 16.7. The van der Waals surface area contributed by atoms with Gasteiger partial charge in [-0.05, 0) is 37.5 Å². The Morgan fingerprint density at radius 2 is 2.07 bits per heavy atom. The van der Waals surface area contributed by atoms with Crippen molar-refractivity contribution in [1.82, 2.24) is 9.38 Å². The van der Waals surface area contributed by atoms with Crippen LogP contribution in [0.4, 0.5) is 5.69 Å². The van der Waals surface area contributed by atoms with Gasteiger partial charge in [-0.3, -0.25) is 14.0 Å². The lowest BCUT2D eigenvalue weighted by Gasteiger charge is -2.14. The summed E-state index contributed by atoms with van der Waals surface area (Å²) in [5.74, 6) is 0.792. The van der Waals surface area contributed by atoms with Crippen molar-refractivity contribution in [2.24, 2.45) is 5.92 Å². The van der Waals surface area contributed by atoms with E-state index in [4.69, 9.17) is 4.74 Å². The highest BCUT2D eigenvalue weighted by Crippen LogP contribution is 2.27. The van der Waals surface area contributed by atoms with Crippen LogP contribution >= 0.6 is 11.3 Å². The first kappa shape index (κ1) is 19.1. The number of anilines is 1. The minimum atomic E-state index is -0.127. The third-order valence-electron chi connectivity index (χ3n) is 3.92. The van der Waals surface area contributed by atoms with E-state index >= 15 is 0 Å². The summed E-state index contributed by atoms with van der Waals surface area (Å²) in [6.07, 6.45) is 2.23. The Hall–Kier alpha value is -2.67. The molecule has 3 rings (SSSR count). The van der Waals surface area contributed by atoms with Crippen LogP contribution in [0.1, 0.15) is 36.4 Å². The average molecular weight is 385 g/mol. The van der Waals surface area contributed by atoms with E-state index in [9.17, 15) is 9.59 Å². The molecule has 0 spiro atoms. The number of thiazole rings is 1. The fourth-order valence-corrected chi connectivity index (χ4v) is 3.56. The highest BCUT2D eigenvalue weighted by atomic mass is 32.1. The molecule has 2 heterocycles. The number of amides is 1. The highest BCUT2D eigenvalue weighted by Gasteiger charge is 2.11. The van der Waals surface area contributed by atoms with E-state index in [1.54, 1.807) is 6.20 Å². The predicted molar refractivity (Wildman–Crippen MR) is 108 cm³/mol. The molecule has 1 N–H and O–H groups in total. The van der Waals surface area contributed by atoms with Gasteiger partial charge in [0.25, 0.3) is 5.56 Å². The maximum absolute atomic E-state index is 12.2. The molecule has 6 nitrogen and oxygen atoms in total. The van der Waals surface area contributed by atoms with Crippen molar-refractivity contribution in [3.8, 4) is 5.75 Å². The summed E-state index contributed by atoms with van der Waals surface area (Å²) in [6.45, 7) is 8.04. The van der Waals surface area contributed by atoms with Gasteiger partial charge in [0, 0.05) is 23.6 Å². The molecule has 7 heteroatoms. The van der Waals surface area contributed by atoms with E-state index in [-0.39, 0.29) is 24.0 Å². The van der Waals surface area contributed by atoms with Gasteiger partial charge in [0.05, 0.1) is 11.4 Å². The lowest BCUT2D eigenvalue weighted by atomic mass is 10.1. The molecule has 0 unspecified atom stereocenters. The number of aromatic nitrogens is 2. The Morgan fingerprint density at radius 3 is 2.81 bits per heavy atom. The second-order valence-corrected chi connectivity index (χ2v) is 8.23. The normalized spacial score (nSPS) is 11.1. The van der Waals surface area contributed by atoms with Gasteiger partial charge >= 0.3 is 0 Å². The highest BCUT2D eigenvalue weighted by molar-refractivity contribution is 7.16. The number of fused-ring (bicyclic) bond motifs is 1. The Balaban J connectivity index is 1.80. The Morgan fingerprint density at radius 1 is 1.30 bits per heavy atom. The van der Waals surface area contributed by atoms with Crippen LogP contribution in [0.15, 0.2) is 35.3 Å². The van der Waals surface area contributed by atoms with Crippen LogP contribution in [0.5, 0.6) is 5.75 Å². The summed E-state index contributed by atoms with van der Waals surface area (Å²) in [7, 11) is 0. The lowest BCUT2D eigenvalue weighted by molar-refractivity contribution is -0.116. The largest absolute Gasteiger partial charge is 0.485 e. The van der Waals surface area contributed by atoms with E-state index < -0.39 is 0 Å². The first-order valence-electron chi connectivity index (χ1n) is 8.84. The van der Waals surface area contributed by atoms with Crippen molar-refractivity contribution < 1.29 is 9.53 Å².